The molecule has 0 aliphatic carbocycles. The second-order valence-corrected chi connectivity index (χ2v) is 7.20. The zero-order chi connectivity index (χ0) is 21.4. The summed E-state index contributed by atoms with van der Waals surface area (Å²) in [5.41, 5.74) is -0.393. The number of benzene rings is 1. The fourth-order valence-electron chi connectivity index (χ4n) is 2.06. The third-order valence-corrected chi connectivity index (χ3v) is 4.89. The van der Waals surface area contributed by atoms with E-state index in [4.69, 9.17) is 4.42 Å². The second-order valence-electron chi connectivity index (χ2n) is 5.43. The number of hydrogen-bond donors (Lipinski definition) is 2. The van der Waals surface area contributed by atoms with Gasteiger partial charge in [-0.15, -0.1) is 0 Å². The Labute approximate surface area is 165 Å². The minimum Gasteiger partial charge on any atom is -0.467 e. The Hall–Kier alpha value is -3.45. The molecule has 0 fully saturated rings. The SMILES string of the molecule is COC(=O)COC(=O)CNS(=O)(=O)c1ccc(NCc2ccco2)c([N+](=O)[O-])c1. The highest BCUT2D eigenvalue weighted by molar-refractivity contribution is 7.89. The summed E-state index contributed by atoms with van der Waals surface area (Å²) in [4.78, 5) is 32.5. The van der Waals surface area contributed by atoms with Crippen LogP contribution in [0.2, 0.25) is 0 Å². The first-order chi connectivity index (χ1) is 13.7. The summed E-state index contributed by atoms with van der Waals surface area (Å²) < 4.78 is 40.4. The van der Waals surface area contributed by atoms with Crippen LogP contribution < -0.4 is 10.0 Å². The number of hydrogen-bond acceptors (Lipinski definition) is 10. The fraction of sp³-hybridized carbons (Fsp3) is 0.250. The predicted octanol–water partition coefficient (Wildman–Crippen LogP) is 0.794. The van der Waals surface area contributed by atoms with Gasteiger partial charge in [0, 0.05) is 6.07 Å². The van der Waals surface area contributed by atoms with Gasteiger partial charge in [0.2, 0.25) is 10.0 Å². The van der Waals surface area contributed by atoms with Crippen LogP contribution in [-0.4, -0.2) is 45.5 Å². The standard InChI is InChI=1S/C16H17N3O9S/c1-26-16(21)10-28-15(20)9-18-29(24,25)12-4-5-13(14(7-12)19(22)23)17-8-11-3-2-6-27-11/h2-7,17-18H,8-10H2,1H3. The predicted molar refractivity (Wildman–Crippen MR) is 97.3 cm³/mol. The molecule has 0 aliphatic rings. The van der Waals surface area contributed by atoms with Gasteiger partial charge in [-0.2, -0.15) is 4.72 Å². The topological polar surface area (TPSA) is 167 Å². The van der Waals surface area contributed by atoms with Gasteiger partial charge in [-0.1, -0.05) is 0 Å². The van der Waals surface area contributed by atoms with Crippen LogP contribution in [0.5, 0.6) is 0 Å². The summed E-state index contributed by atoms with van der Waals surface area (Å²) in [6.07, 6.45) is 1.45. The first-order valence-electron chi connectivity index (χ1n) is 7.99. The molecule has 0 bridgehead atoms. The molecule has 1 aromatic heterocycles. The number of furan rings is 1. The van der Waals surface area contributed by atoms with E-state index in [1.165, 1.54) is 12.3 Å². The van der Waals surface area contributed by atoms with Crippen molar-refractivity contribution in [1.29, 1.82) is 0 Å². The summed E-state index contributed by atoms with van der Waals surface area (Å²) >= 11 is 0. The molecule has 0 aliphatic heterocycles. The Balaban J connectivity index is 2.07. The summed E-state index contributed by atoms with van der Waals surface area (Å²) in [5, 5.41) is 14.1. The molecule has 2 rings (SSSR count). The normalized spacial score (nSPS) is 10.9. The van der Waals surface area contributed by atoms with Crippen molar-refractivity contribution in [1.82, 2.24) is 4.72 Å². The van der Waals surface area contributed by atoms with Crippen LogP contribution in [0.3, 0.4) is 0 Å². The average Bonchev–Trinajstić information content (AvgIpc) is 3.22. The highest BCUT2D eigenvalue weighted by Gasteiger charge is 2.22. The van der Waals surface area contributed by atoms with Crippen LogP contribution in [0.25, 0.3) is 0 Å². The minimum atomic E-state index is -4.25. The van der Waals surface area contributed by atoms with Crippen molar-refractivity contribution in [2.24, 2.45) is 0 Å². The first kappa shape index (κ1) is 21.8. The van der Waals surface area contributed by atoms with E-state index in [1.807, 2.05) is 4.72 Å². The van der Waals surface area contributed by atoms with Crippen molar-refractivity contribution in [3.8, 4) is 0 Å². The Morgan fingerprint density at radius 3 is 2.62 bits per heavy atom. The van der Waals surface area contributed by atoms with Gasteiger partial charge in [0.05, 0.1) is 29.7 Å². The van der Waals surface area contributed by atoms with Gasteiger partial charge < -0.3 is 19.2 Å². The average molecular weight is 427 g/mol. The molecule has 0 spiro atoms. The van der Waals surface area contributed by atoms with E-state index in [0.29, 0.717) is 5.76 Å². The fourth-order valence-corrected chi connectivity index (χ4v) is 3.05. The highest BCUT2D eigenvalue weighted by Crippen LogP contribution is 2.28. The number of nitrogens with zero attached hydrogens (tertiary/aromatic N) is 1. The molecule has 0 unspecified atom stereocenters. The molecule has 29 heavy (non-hydrogen) atoms. The van der Waals surface area contributed by atoms with E-state index in [1.54, 1.807) is 12.1 Å². The molecule has 0 atom stereocenters. The molecule has 156 valence electrons. The third kappa shape index (κ3) is 6.29. The van der Waals surface area contributed by atoms with Crippen molar-refractivity contribution in [3.63, 3.8) is 0 Å². The van der Waals surface area contributed by atoms with Crippen molar-refractivity contribution in [2.45, 2.75) is 11.4 Å². The molecule has 13 heteroatoms. The van der Waals surface area contributed by atoms with Crippen LogP contribution in [0.1, 0.15) is 5.76 Å². The maximum absolute atomic E-state index is 12.3. The Morgan fingerprint density at radius 1 is 1.24 bits per heavy atom. The maximum Gasteiger partial charge on any atom is 0.344 e. The lowest BCUT2D eigenvalue weighted by molar-refractivity contribution is -0.384. The van der Waals surface area contributed by atoms with Crippen LogP contribution in [0, 0.1) is 10.1 Å². The third-order valence-electron chi connectivity index (χ3n) is 3.49. The number of esters is 2. The molecule has 2 aromatic rings. The van der Waals surface area contributed by atoms with Gasteiger partial charge in [0.1, 0.15) is 18.0 Å². The molecule has 0 amide bonds. The number of nitro groups is 1. The lowest BCUT2D eigenvalue weighted by Crippen LogP contribution is -2.31. The minimum absolute atomic E-state index is 0.0860. The van der Waals surface area contributed by atoms with E-state index in [0.717, 1.165) is 19.2 Å². The summed E-state index contributed by atoms with van der Waals surface area (Å²) in [6, 6.07) is 6.54. The Bertz CT molecular complexity index is 987. The van der Waals surface area contributed by atoms with Gasteiger partial charge in [0.25, 0.3) is 5.69 Å². The second kappa shape index (κ2) is 9.66. The molecule has 0 radical (unpaired) electrons. The lowest BCUT2D eigenvalue weighted by atomic mass is 10.2. The largest absolute Gasteiger partial charge is 0.467 e. The molecule has 1 heterocycles. The smallest absolute Gasteiger partial charge is 0.344 e. The number of sulfonamides is 1. The molecule has 0 saturated carbocycles. The zero-order valence-corrected chi connectivity index (χ0v) is 15.9. The van der Waals surface area contributed by atoms with Gasteiger partial charge in [-0.05, 0) is 24.3 Å². The lowest BCUT2D eigenvalue weighted by Gasteiger charge is -2.09. The summed E-state index contributed by atoms with van der Waals surface area (Å²) in [5.74, 6) is -1.30. The molecule has 2 N–H and O–H groups in total. The number of methoxy groups -OCH3 is 1. The van der Waals surface area contributed by atoms with Gasteiger partial charge in [0.15, 0.2) is 6.61 Å². The van der Waals surface area contributed by atoms with E-state index in [-0.39, 0.29) is 12.2 Å². The zero-order valence-electron chi connectivity index (χ0n) is 15.1. The van der Waals surface area contributed by atoms with Gasteiger partial charge in [-0.3, -0.25) is 14.9 Å². The number of nitrogens with one attached hydrogen (secondary N) is 2. The molecule has 0 saturated heterocycles. The van der Waals surface area contributed by atoms with Crippen molar-refractivity contribution in [3.05, 3.63) is 52.5 Å². The van der Waals surface area contributed by atoms with Crippen LogP contribution in [0.15, 0.2) is 45.9 Å². The van der Waals surface area contributed by atoms with E-state index < -0.39 is 50.6 Å². The Morgan fingerprint density at radius 2 is 2.00 bits per heavy atom. The van der Waals surface area contributed by atoms with E-state index in [2.05, 4.69) is 14.8 Å². The van der Waals surface area contributed by atoms with Crippen LogP contribution in [-0.2, 0) is 35.6 Å². The molecule has 12 nitrogen and oxygen atoms in total. The summed E-state index contributed by atoms with van der Waals surface area (Å²) in [6.45, 7) is -1.28. The summed E-state index contributed by atoms with van der Waals surface area (Å²) in [7, 11) is -3.15. The number of nitro benzene ring substituents is 1. The van der Waals surface area contributed by atoms with Crippen LogP contribution >= 0.6 is 0 Å². The van der Waals surface area contributed by atoms with Gasteiger partial charge >= 0.3 is 11.9 Å². The van der Waals surface area contributed by atoms with E-state index >= 15 is 0 Å². The molecule has 1 aromatic carbocycles. The number of carbonyl (C=O) groups is 2. The van der Waals surface area contributed by atoms with E-state index in [9.17, 15) is 28.1 Å². The van der Waals surface area contributed by atoms with Crippen molar-refractivity contribution in [2.75, 3.05) is 25.6 Å². The number of rotatable bonds is 10. The van der Waals surface area contributed by atoms with Crippen molar-refractivity contribution >= 4 is 33.3 Å². The first-order valence-corrected chi connectivity index (χ1v) is 9.48. The van der Waals surface area contributed by atoms with Gasteiger partial charge in [-0.25, -0.2) is 13.2 Å². The monoisotopic (exact) mass is 427 g/mol. The molecular weight excluding hydrogens is 410 g/mol. The molecular formula is C16H17N3O9S. The number of anilines is 1. The van der Waals surface area contributed by atoms with Crippen molar-refractivity contribution < 1.29 is 36.8 Å². The highest BCUT2D eigenvalue weighted by atomic mass is 32.2. The number of carbonyl (C=O) groups excluding carboxylic acids is 2. The Kier molecular flexibility index (Phi) is 7.27. The quantitative estimate of drug-likeness (QED) is 0.314. The van der Waals surface area contributed by atoms with Crippen LogP contribution in [0.4, 0.5) is 11.4 Å². The number of ether oxygens (including phenoxy) is 2. The maximum atomic E-state index is 12.3.